The molecule has 0 atom stereocenters. The molecule has 80 valence electrons. The van der Waals surface area contributed by atoms with Crippen LogP contribution < -0.4 is 0 Å². The molecular weight excluding hydrogens is 204 g/mol. The molecule has 0 aliphatic rings. The van der Waals surface area contributed by atoms with Crippen LogP contribution in [0, 0.1) is 11.3 Å². The van der Waals surface area contributed by atoms with Crippen LogP contribution in [0.25, 0.3) is 5.52 Å². The molecule has 2 aromatic heterocycles. The molecule has 0 radical (unpaired) electrons. The molecular formula is C12H10N2O2. The Kier molecular flexibility index (Phi) is 2.61. The lowest BCUT2D eigenvalue weighted by atomic mass is 10.2. The van der Waals surface area contributed by atoms with Crippen molar-refractivity contribution in [2.45, 2.75) is 6.42 Å². The number of nitrogens with zero attached hydrogens (tertiary/aromatic N) is 2. The SMILES string of the molecule is COC(=O)c1cc2ccccn2c1CC#N. The second-order valence-electron chi connectivity index (χ2n) is 3.33. The molecule has 4 nitrogen and oxygen atoms in total. The number of carbonyl (C=O) groups excluding carboxylic acids is 1. The lowest BCUT2D eigenvalue weighted by Gasteiger charge is -2.00. The molecule has 0 aromatic carbocycles. The highest BCUT2D eigenvalue weighted by atomic mass is 16.5. The molecule has 0 aliphatic heterocycles. The highest BCUT2D eigenvalue weighted by Crippen LogP contribution is 2.18. The maximum atomic E-state index is 11.5. The lowest BCUT2D eigenvalue weighted by molar-refractivity contribution is 0.0600. The Balaban J connectivity index is 2.68. The maximum absolute atomic E-state index is 11.5. The van der Waals surface area contributed by atoms with Gasteiger partial charge in [0.1, 0.15) is 0 Å². The molecule has 0 saturated heterocycles. The van der Waals surface area contributed by atoms with Crippen molar-refractivity contribution in [3.05, 3.63) is 41.7 Å². The molecule has 0 N–H and O–H groups in total. The van der Waals surface area contributed by atoms with Gasteiger partial charge in [0, 0.05) is 11.7 Å². The van der Waals surface area contributed by atoms with E-state index in [4.69, 9.17) is 10.00 Å². The summed E-state index contributed by atoms with van der Waals surface area (Å²) in [6.45, 7) is 0. The maximum Gasteiger partial charge on any atom is 0.339 e. The van der Waals surface area contributed by atoms with Crippen molar-refractivity contribution in [2.24, 2.45) is 0 Å². The summed E-state index contributed by atoms with van der Waals surface area (Å²) >= 11 is 0. The number of ether oxygens (including phenoxy) is 1. The molecule has 2 aromatic rings. The Hall–Kier alpha value is -2.28. The molecule has 0 unspecified atom stereocenters. The average Bonchev–Trinajstić information content (AvgIpc) is 2.68. The van der Waals surface area contributed by atoms with Crippen LogP contribution in [0.2, 0.25) is 0 Å². The van der Waals surface area contributed by atoms with E-state index in [-0.39, 0.29) is 6.42 Å². The van der Waals surface area contributed by atoms with Crippen LogP contribution in [0.4, 0.5) is 0 Å². The number of hydrogen-bond donors (Lipinski definition) is 0. The van der Waals surface area contributed by atoms with E-state index in [1.54, 1.807) is 6.07 Å². The van der Waals surface area contributed by atoms with Crippen molar-refractivity contribution in [2.75, 3.05) is 7.11 Å². The number of aromatic nitrogens is 1. The highest BCUT2D eigenvalue weighted by Gasteiger charge is 2.16. The molecule has 0 aliphatic carbocycles. The van der Waals surface area contributed by atoms with Crippen LogP contribution in [0.3, 0.4) is 0 Å². The Morgan fingerprint density at radius 3 is 3.06 bits per heavy atom. The first-order chi connectivity index (χ1) is 7.77. The molecule has 2 rings (SSSR count). The first-order valence-electron chi connectivity index (χ1n) is 4.82. The van der Waals surface area contributed by atoms with E-state index in [9.17, 15) is 4.79 Å². The minimum atomic E-state index is -0.408. The molecule has 2 heterocycles. The van der Waals surface area contributed by atoms with Gasteiger partial charge >= 0.3 is 5.97 Å². The van der Waals surface area contributed by atoms with Crippen LogP contribution in [-0.4, -0.2) is 17.5 Å². The number of nitriles is 1. The Morgan fingerprint density at radius 1 is 1.56 bits per heavy atom. The minimum absolute atomic E-state index is 0.183. The number of pyridine rings is 1. The fourth-order valence-electron chi connectivity index (χ4n) is 1.72. The number of fused-ring (bicyclic) bond motifs is 1. The van der Waals surface area contributed by atoms with E-state index in [1.165, 1.54) is 7.11 Å². The van der Waals surface area contributed by atoms with Gasteiger partial charge in [-0.1, -0.05) is 6.07 Å². The van der Waals surface area contributed by atoms with Gasteiger partial charge in [0.15, 0.2) is 0 Å². The van der Waals surface area contributed by atoms with Crippen molar-refractivity contribution in [3.63, 3.8) is 0 Å². The van der Waals surface area contributed by atoms with Crippen molar-refractivity contribution in [3.8, 4) is 6.07 Å². The number of esters is 1. The Bertz CT molecular complexity index is 578. The summed E-state index contributed by atoms with van der Waals surface area (Å²) in [5.41, 5.74) is 2.01. The van der Waals surface area contributed by atoms with Crippen LogP contribution in [-0.2, 0) is 11.2 Å². The molecule has 0 spiro atoms. The van der Waals surface area contributed by atoms with Crippen LogP contribution in [0.15, 0.2) is 30.5 Å². The van der Waals surface area contributed by atoms with Gasteiger partial charge in [-0.3, -0.25) is 0 Å². The smallest absolute Gasteiger partial charge is 0.339 e. The zero-order chi connectivity index (χ0) is 11.5. The van der Waals surface area contributed by atoms with Gasteiger partial charge in [-0.05, 0) is 18.2 Å². The van der Waals surface area contributed by atoms with Crippen molar-refractivity contribution >= 4 is 11.5 Å². The summed E-state index contributed by atoms with van der Waals surface area (Å²) in [6.07, 6.45) is 2.01. The van der Waals surface area contributed by atoms with E-state index >= 15 is 0 Å². The third kappa shape index (κ3) is 1.52. The number of carbonyl (C=O) groups is 1. The van der Waals surface area contributed by atoms with Gasteiger partial charge < -0.3 is 9.14 Å². The lowest BCUT2D eigenvalue weighted by Crippen LogP contribution is -2.04. The standard InChI is InChI=1S/C12H10N2O2/c1-16-12(15)10-8-9-4-2-3-7-14(9)11(10)5-6-13/h2-4,7-8H,5H2,1H3. The van der Waals surface area contributed by atoms with Gasteiger partial charge in [-0.15, -0.1) is 0 Å². The zero-order valence-corrected chi connectivity index (χ0v) is 8.80. The first kappa shape index (κ1) is 10.2. The summed E-state index contributed by atoms with van der Waals surface area (Å²) in [5, 5.41) is 8.76. The van der Waals surface area contributed by atoms with Gasteiger partial charge in [-0.2, -0.15) is 5.26 Å². The van der Waals surface area contributed by atoms with Gasteiger partial charge in [0.05, 0.1) is 30.9 Å². The molecule has 0 bridgehead atoms. The third-order valence-electron chi connectivity index (χ3n) is 2.44. The molecule has 0 amide bonds. The third-order valence-corrected chi connectivity index (χ3v) is 2.44. The summed E-state index contributed by atoms with van der Waals surface area (Å²) in [4.78, 5) is 11.5. The van der Waals surface area contributed by atoms with Crippen molar-refractivity contribution < 1.29 is 9.53 Å². The van der Waals surface area contributed by atoms with E-state index < -0.39 is 5.97 Å². The van der Waals surface area contributed by atoms with E-state index in [0.717, 1.165) is 5.52 Å². The monoisotopic (exact) mass is 214 g/mol. The van der Waals surface area contributed by atoms with Crippen molar-refractivity contribution in [1.29, 1.82) is 5.26 Å². The molecule has 0 fully saturated rings. The van der Waals surface area contributed by atoms with Gasteiger partial charge in [0.2, 0.25) is 0 Å². The fourth-order valence-corrected chi connectivity index (χ4v) is 1.72. The Morgan fingerprint density at radius 2 is 2.38 bits per heavy atom. The van der Waals surface area contributed by atoms with E-state index in [2.05, 4.69) is 6.07 Å². The molecule has 0 saturated carbocycles. The predicted octanol–water partition coefficient (Wildman–Crippen LogP) is 1.79. The average molecular weight is 214 g/mol. The summed E-state index contributed by atoms with van der Waals surface area (Å²) < 4.78 is 6.52. The topological polar surface area (TPSA) is 54.5 Å². The largest absolute Gasteiger partial charge is 0.465 e. The fraction of sp³-hybridized carbons (Fsp3) is 0.167. The second kappa shape index (κ2) is 4.07. The van der Waals surface area contributed by atoms with Gasteiger partial charge in [0.25, 0.3) is 0 Å². The number of methoxy groups -OCH3 is 1. The quantitative estimate of drug-likeness (QED) is 0.716. The van der Waals surface area contributed by atoms with Crippen LogP contribution in [0.1, 0.15) is 16.1 Å². The normalized spacial score (nSPS) is 10.0. The summed E-state index contributed by atoms with van der Waals surface area (Å²) in [6, 6.07) is 9.41. The van der Waals surface area contributed by atoms with Crippen LogP contribution in [0.5, 0.6) is 0 Å². The molecule has 16 heavy (non-hydrogen) atoms. The highest BCUT2D eigenvalue weighted by molar-refractivity contribution is 5.93. The predicted molar refractivity (Wildman–Crippen MR) is 58.1 cm³/mol. The number of rotatable bonds is 2. The number of hydrogen-bond acceptors (Lipinski definition) is 3. The summed E-state index contributed by atoms with van der Waals surface area (Å²) in [5.74, 6) is -0.408. The second-order valence-corrected chi connectivity index (χ2v) is 3.33. The van der Waals surface area contributed by atoms with E-state index in [1.807, 2.05) is 28.8 Å². The summed E-state index contributed by atoms with van der Waals surface area (Å²) in [7, 11) is 1.33. The Labute approximate surface area is 92.7 Å². The van der Waals surface area contributed by atoms with E-state index in [0.29, 0.717) is 11.3 Å². The van der Waals surface area contributed by atoms with Crippen molar-refractivity contribution in [1.82, 2.24) is 4.40 Å². The molecule has 4 heteroatoms. The van der Waals surface area contributed by atoms with Crippen LogP contribution >= 0.6 is 0 Å². The minimum Gasteiger partial charge on any atom is -0.465 e. The first-order valence-corrected chi connectivity index (χ1v) is 4.82. The van der Waals surface area contributed by atoms with Gasteiger partial charge in [-0.25, -0.2) is 4.79 Å². The zero-order valence-electron chi connectivity index (χ0n) is 8.80.